The summed E-state index contributed by atoms with van der Waals surface area (Å²) in [6.07, 6.45) is 3.31. The second-order valence-electron chi connectivity index (χ2n) is 4.43. The predicted octanol–water partition coefficient (Wildman–Crippen LogP) is 0.623. The molecule has 0 spiro atoms. The molecule has 1 aliphatic rings. The normalized spacial score (nSPS) is 22.9. The van der Waals surface area contributed by atoms with Gasteiger partial charge in [-0.25, -0.2) is 0 Å². The van der Waals surface area contributed by atoms with Gasteiger partial charge in [0.2, 0.25) is 11.8 Å². The first kappa shape index (κ1) is 15.3. The molecule has 5 nitrogen and oxygen atoms in total. The number of hydrogen-bond acceptors (Lipinski definition) is 4. The first-order valence-electron chi connectivity index (χ1n) is 6.49. The van der Waals surface area contributed by atoms with Crippen molar-refractivity contribution < 1.29 is 14.7 Å². The Kier molecular flexibility index (Phi) is 7.12. The van der Waals surface area contributed by atoms with Crippen molar-refractivity contribution in [2.45, 2.75) is 50.5 Å². The molecule has 1 aliphatic heterocycles. The fraction of sp³-hybridized carbons (Fsp3) is 0.833. The lowest BCUT2D eigenvalue weighted by atomic mass is 10.2. The highest BCUT2D eigenvalue weighted by molar-refractivity contribution is 8.00. The van der Waals surface area contributed by atoms with E-state index in [-0.39, 0.29) is 17.1 Å². The van der Waals surface area contributed by atoms with Crippen LogP contribution in [0.25, 0.3) is 0 Å². The van der Waals surface area contributed by atoms with E-state index in [1.807, 2.05) is 0 Å². The number of carbonyl (C=O) groups excluding carboxylic acids is 2. The lowest BCUT2D eigenvalue weighted by molar-refractivity contribution is -0.121. The van der Waals surface area contributed by atoms with Gasteiger partial charge in [0, 0.05) is 25.1 Å². The minimum Gasteiger partial charge on any atom is -0.373 e. The lowest BCUT2D eigenvalue weighted by Gasteiger charge is -2.12. The summed E-state index contributed by atoms with van der Waals surface area (Å²) in [6.45, 7) is 2.87. The van der Waals surface area contributed by atoms with Crippen LogP contribution in [0.1, 0.15) is 39.0 Å². The molecular formula is C12H22N2O3S. The van der Waals surface area contributed by atoms with Gasteiger partial charge >= 0.3 is 0 Å². The standard InChI is InChI=1S/C12H22N2O3S/c1-2-3-4-6-13-10(15)5-7-18-9-8-11(16)14-12(9)17/h9,12,17H,2-8H2,1H3,(H,13,15)(H,14,16). The van der Waals surface area contributed by atoms with Crippen molar-refractivity contribution in [1.82, 2.24) is 10.6 Å². The molecule has 0 aromatic heterocycles. The average molecular weight is 274 g/mol. The van der Waals surface area contributed by atoms with Gasteiger partial charge in [0.1, 0.15) is 6.23 Å². The molecule has 2 unspecified atom stereocenters. The van der Waals surface area contributed by atoms with Crippen LogP contribution in [0.15, 0.2) is 0 Å². The molecule has 3 N–H and O–H groups in total. The van der Waals surface area contributed by atoms with Gasteiger partial charge in [0.05, 0.1) is 5.25 Å². The van der Waals surface area contributed by atoms with Gasteiger partial charge in [0.25, 0.3) is 0 Å². The zero-order valence-corrected chi connectivity index (χ0v) is 11.6. The summed E-state index contributed by atoms with van der Waals surface area (Å²) in [5.74, 6) is 0.561. The van der Waals surface area contributed by atoms with Crippen molar-refractivity contribution in [3.63, 3.8) is 0 Å². The largest absolute Gasteiger partial charge is 0.373 e. The Balaban J connectivity index is 2.03. The van der Waals surface area contributed by atoms with E-state index in [2.05, 4.69) is 17.6 Å². The van der Waals surface area contributed by atoms with Crippen LogP contribution in [0.3, 0.4) is 0 Å². The molecule has 104 valence electrons. The van der Waals surface area contributed by atoms with E-state index < -0.39 is 6.23 Å². The Hall–Kier alpha value is -0.750. The summed E-state index contributed by atoms with van der Waals surface area (Å²) in [5, 5.41) is 14.7. The van der Waals surface area contributed by atoms with Crippen LogP contribution in [-0.4, -0.2) is 40.7 Å². The molecule has 0 aliphatic carbocycles. The van der Waals surface area contributed by atoms with E-state index in [4.69, 9.17) is 0 Å². The van der Waals surface area contributed by atoms with Gasteiger partial charge < -0.3 is 15.7 Å². The van der Waals surface area contributed by atoms with E-state index in [1.54, 1.807) is 0 Å². The predicted molar refractivity (Wildman–Crippen MR) is 72.2 cm³/mol. The number of unbranched alkanes of at least 4 members (excludes halogenated alkanes) is 2. The number of aliphatic hydroxyl groups is 1. The molecule has 1 fully saturated rings. The first-order chi connectivity index (χ1) is 8.63. The van der Waals surface area contributed by atoms with E-state index in [1.165, 1.54) is 11.8 Å². The minimum atomic E-state index is -0.768. The molecule has 1 heterocycles. The number of rotatable bonds is 8. The summed E-state index contributed by atoms with van der Waals surface area (Å²) >= 11 is 1.47. The summed E-state index contributed by atoms with van der Waals surface area (Å²) in [4.78, 5) is 22.5. The maximum atomic E-state index is 11.5. The molecule has 0 aromatic rings. The molecule has 18 heavy (non-hydrogen) atoms. The maximum Gasteiger partial charge on any atom is 0.223 e. The van der Waals surface area contributed by atoms with Crippen molar-refractivity contribution in [3.8, 4) is 0 Å². The summed E-state index contributed by atoms with van der Waals surface area (Å²) in [6, 6.07) is 0. The highest BCUT2D eigenvalue weighted by atomic mass is 32.2. The molecule has 0 saturated carbocycles. The van der Waals surface area contributed by atoms with Gasteiger partial charge in [-0.1, -0.05) is 19.8 Å². The van der Waals surface area contributed by atoms with Gasteiger partial charge in [-0.2, -0.15) is 11.8 Å². The molecule has 0 bridgehead atoms. The smallest absolute Gasteiger partial charge is 0.223 e. The Morgan fingerprint density at radius 1 is 1.56 bits per heavy atom. The number of nitrogens with one attached hydrogen (secondary N) is 2. The molecule has 1 saturated heterocycles. The molecule has 2 amide bonds. The van der Waals surface area contributed by atoms with Gasteiger partial charge in [-0.15, -0.1) is 0 Å². The van der Waals surface area contributed by atoms with Crippen molar-refractivity contribution >= 4 is 23.6 Å². The van der Waals surface area contributed by atoms with E-state index in [0.717, 1.165) is 25.8 Å². The zero-order chi connectivity index (χ0) is 13.4. The second kappa shape index (κ2) is 8.37. The van der Waals surface area contributed by atoms with Crippen molar-refractivity contribution in [1.29, 1.82) is 0 Å². The Bertz CT molecular complexity index is 286. The van der Waals surface area contributed by atoms with E-state index in [0.29, 0.717) is 18.6 Å². The molecule has 6 heteroatoms. The number of thioether (sulfide) groups is 1. The second-order valence-corrected chi connectivity index (χ2v) is 5.78. The van der Waals surface area contributed by atoms with Crippen LogP contribution < -0.4 is 10.6 Å². The number of hydrogen-bond donors (Lipinski definition) is 3. The zero-order valence-electron chi connectivity index (χ0n) is 10.8. The third-order valence-corrected chi connectivity index (χ3v) is 4.10. The third kappa shape index (κ3) is 5.73. The van der Waals surface area contributed by atoms with Crippen LogP contribution in [0.4, 0.5) is 0 Å². The Morgan fingerprint density at radius 2 is 2.33 bits per heavy atom. The van der Waals surface area contributed by atoms with Gasteiger partial charge in [-0.05, 0) is 6.42 Å². The summed E-state index contributed by atoms with van der Waals surface area (Å²) in [7, 11) is 0. The quantitative estimate of drug-likeness (QED) is 0.567. The SMILES string of the molecule is CCCCCNC(=O)CCSC1CC(=O)NC1O. The number of aliphatic hydroxyl groups excluding tert-OH is 1. The lowest BCUT2D eigenvalue weighted by Crippen LogP contribution is -2.30. The van der Waals surface area contributed by atoms with E-state index >= 15 is 0 Å². The molecule has 0 aromatic carbocycles. The van der Waals surface area contributed by atoms with Crippen molar-refractivity contribution in [3.05, 3.63) is 0 Å². The Labute approximate surface area is 112 Å². The van der Waals surface area contributed by atoms with Crippen LogP contribution >= 0.6 is 11.8 Å². The molecule has 2 atom stereocenters. The Morgan fingerprint density at radius 3 is 2.94 bits per heavy atom. The highest BCUT2D eigenvalue weighted by Crippen LogP contribution is 2.22. The maximum absolute atomic E-state index is 11.5. The number of carbonyl (C=O) groups is 2. The molecular weight excluding hydrogens is 252 g/mol. The van der Waals surface area contributed by atoms with Crippen molar-refractivity contribution in [2.75, 3.05) is 12.3 Å². The summed E-state index contributed by atoms with van der Waals surface area (Å²) < 4.78 is 0. The minimum absolute atomic E-state index is 0.0466. The first-order valence-corrected chi connectivity index (χ1v) is 7.54. The topological polar surface area (TPSA) is 78.4 Å². The van der Waals surface area contributed by atoms with Crippen LogP contribution in [0.5, 0.6) is 0 Å². The number of amides is 2. The average Bonchev–Trinajstić information content (AvgIpc) is 2.64. The fourth-order valence-corrected chi connectivity index (χ4v) is 2.88. The van der Waals surface area contributed by atoms with Crippen molar-refractivity contribution in [2.24, 2.45) is 0 Å². The highest BCUT2D eigenvalue weighted by Gasteiger charge is 2.30. The monoisotopic (exact) mass is 274 g/mol. The fourth-order valence-electron chi connectivity index (χ4n) is 1.76. The van der Waals surface area contributed by atoms with E-state index in [9.17, 15) is 14.7 Å². The van der Waals surface area contributed by atoms with Crippen LogP contribution in [0, 0.1) is 0 Å². The van der Waals surface area contributed by atoms with Gasteiger partial charge in [-0.3, -0.25) is 9.59 Å². The molecule has 0 radical (unpaired) electrons. The van der Waals surface area contributed by atoms with Crippen LogP contribution in [-0.2, 0) is 9.59 Å². The molecule has 1 rings (SSSR count). The third-order valence-electron chi connectivity index (χ3n) is 2.81. The summed E-state index contributed by atoms with van der Waals surface area (Å²) in [5.41, 5.74) is 0. The van der Waals surface area contributed by atoms with Crippen LogP contribution in [0.2, 0.25) is 0 Å². The van der Waals surface area contributed by atoms with Gasteiger partial charge in [0.15, 0.2) is 0 Å².